The molecule has 0 bridgehead atoms. The van der Waals surface area contributed by atoms with E-state index in [4.69, 9.17) is 16.2 Å². The largest absolute Gasteiger partial charge is 0.497 e. The van der Waals surface area contributed by atoms with Crippen molar-refractivity contribution >= 4 is 22.7 Å². The summed E-state index contributed by atoms with van der Waals surface area (Å²) in [7, 11) is 1.39. The molecule has 0 spiro atoms. The number of nitrogens with zero attached hydrogens (tertiary/aromatic N) is 6. The fraction of sp³-hybridized carbons (Fsp3) is 0.385. The van der Waals surface area contributed by atoms with Crippen LogP contribution in [0.1, 0.15) is 30.4 Å². The first-order valence-electron chi connectivity index (χ1n) is 12.5. The zero-order chi connectivity index (χ0) is 28.6. The summed E-state index contributed by atoms with van der Waals surface area (Å²) in [5.41, 5.74) is 12.9. The highest BCUT2D eigenvalue weighted by Crippen LogP contribution is 2.37. The fourth-order valence-corrected chi connectivity index (χ4v) is 5.14. The van der Waals surface area contributed by atoms with Gasteiger partial charge in [-0.2, -0.15) is 0 Å². The summed E-state index contributed by atoms with van der Waals surface area (Å²) in [6, 6.07) is 6.00. The molecule has 14 heteroatoms. The minimum atomic E-state index is -3.00. The molecule has 1 aliphatic rings. The zero-order valence-electron chi connectivity index (χ0n) is 21.5. The molecule has 4 aromatic rings. The van der Waals surface area contributed by atoms with Crippen LogP contribution in [0.5, 0.6) is 5.75 Å². The summed E-state index contributed by atoms with van der Waals surface area (Å²) < 4.78 is 61.7. The number of benzene rings is 1. The van der Waals surface area contributed by atoms with E-state index in [2.05, 4.69) is 19.9 Å². The number of aliphatic hydroxyl groups excluding tert-OH is 1. The van der Waals surface area contributed by atoms with Gasteiger partial charge in [0.25, 0.3) is 12.9 Å². The number of pyridine rings is 1. The number of imidazole rings is 1. The number of nitrogen functional groups attached to an aromatic ring is 1. The summed E-state index contributed by atoms with van der Waals surface area (Å²) in [4.78, 5) is 18.8. The van der Waals surface area contributed by atoms with Crippen LogP contribution in [0.2, 0.25) is 0 Å². The summed E-state index contributed by atoms with van der Waals surface area (Å²) >= 11 is 0. The molecule has 40 heavy (non-hydrogen) atoms. The molecule has 3 aromatic heterocycles. The second-order valence-electron chi connectivity index (χ2n) is 9.79. The molecular formula is C26H28F4N8O2. The lowest BCUT2D eigenvalue weighted by Gasteiger charge is -2.44. The van der Waals surface area contributed by atoms with Gasteiger partial charge < -0.3 is 30.8 Å². The Labute approximate surface area is 226 Å². The highest BCUT2D eigenvalue weighted by molar-refractivity contribution is 5.81. The van der Waals surface area contributed by atoms with E-state index < -0.39 is 24.5 Å². The lowest BCUT2D eigenvalue weighted by Crippen LogP contribution is -2.63. The lowest BCUT2D eigenvalue weighted by atomic mass is 9.84. The predicted molar refractivity (Wildman–Crippen MR) is 140 cm³/mol. The van der Waals surface area contributed by atoms with Crippen LogP contribution in [-0.2, 0) is 6.54 Å². The number of aliphatic hydroxyl groups is 1. The number of nitrogens with two attached hydrogens (primary N) is 2. The van der Waals surface area contributed by atoms with Crippen molar-refractivity contribution in [2.75, 3.05) is 30.8 Å². The van der Waals surface area contributed by atoms with Crippen molar-refractivity contribution < 1.29 is 27.4 Å². The molecule has 4 heterocycles. The van der Waals surface area contributed by atoms with Crippen molar-refractivity contribution in [1.82, 2.24) is 24.5 Å². The number of fused-ring (bicyclic) bond motifs is 1. The van der Waals surface area contributed by atoms with Crippen LogP contribution < -0.4 is 21.1 Å². The summed E-state index contributed by atoms with van der Waals surface area (Å²) in [5.74, 6) is 0.479. The third-order valence-electron chi connectivity index (χ3n) is 7.23. The van der Waals surface area contributed by atoms with E-state index in [9.17, 15) is 22.7 Å². The van der Waals surface area contributed by atoms with Gasteiger partial charge in [-0.05, 0) is 42.7 Å². The topological polar surface area (TPSA) is 141 Å². The second kappa shape index (κ2) is 10.8. The molecule has 0 saturated carbocycles. The number of hydrogen-bond donors (Lipinski definition) is 3. The molecule has 2 atom stereocenters. The molecule has 5 rings (SSSR count). The minimum Gasteiger partial charge on any atom is -0.497 e. The van der Waals surface area contributed by atoms with Gasteiger partial charge in [0.1, 0.15) is 23.7 Å². The average Bonchev–Trinajstić information content (AvgIpc) is 3.36. The number of piperidine rings is 1. The maximum atomic E-state index is 14.0. The van der Waals surface area contributed by atoms with E-state index in [1.54, 1.807) is 21.6 Å². The Morgan fingerprint density at radius 3 is 2.65 bits per heavy atom. The van der Waals surface area contributed by atoms with Gasteiger partial charge in [-0.15, -0.1) is 0 Å². The SMILES string of the molecule is COc1ccc(-c2cc(Cn3cnc4c(N)ncnc43)c(N3CCC[C@](N)([C@H](O)C(F)F)C3)cn2)c(C(F)F)c1. The third kappa shape index (κ3) is 5.11. The molecule has 0 radical (unpaired) electrons. The van der Waals surface area contributed by atoms with Gasteiger partial charge in [0.15, 0.2) is 11.5 Å². The van der Waals surface area contributed by atoms with Gasteiger partial charge in [-0.25, -0.2) is 32.5 Å². The number of hydrogen-bond acceptors (Lipinski definition) is 9. The number of aromatic nitrogens is 5. The van der Waals surface area contributed by atoms with E-state index in [1.165, 1.54) is 38.1 Å². The number of halogens is 4. The molecular weight excluding hydrogens is 532 g/mol. The zero-order valence-corrected chi connectivity index (χ0v) is 21.5. The van der Waals surface area contributed by atoms with Crippen molar-refractivity contribution in [2.24, 2.45) is 5.73 Å². The maximum absolute atomic E-state index is 14.0. The molecule has 1 fully saturated rings. The standard InChI is InChI=1S/C26H28F4N8O2/c1-40-15-3-4-16(17(8-15)22(27)28)18-7-14(10-38-13-36-20-24(31)34-12-35-25(20)38)19(9-33-18)37-6-2-5-26(32,11-37)21(39)23(29)30/h3-4,7-9,12-13,21-23,39H,2,5-6,10-11,32H2,1H3,(H2,31,34,35)/t21-,26-/m1/s1. The first-order chi connectivity index (χ1) is 19.1. The molecule has 0 unspecified atom stereocenters. The third-order valence-corrected chi connectivity index (χ3v) is 7.23. The van der Waals surface area contributed by atoms with Crippen LogP contribution in [0.3, 0.4) is 0 Å². The number of methoxy groups -OCH3 is 1. The van der Waals surface area contributed by atoms with E-state index in [1.807, 2.05) is 0 Å². The van der Waals surface area contributed by atoms with Crippen molar-refractivity contribution in [1.29, 1.82) is 0 Å². The summed E-state index contributed by atoms with van der Waals surface area (Å²) in [5, 5.41) is 10.2. The van der Waals surface area contributed by atoms with Gasteiger partial charge in [-0.3, -0.25) is 4.98 Å². The molecule has 1 aromatic carbocycles. The Kier molecular flexibility index (Phi) is 7.47. The monoisotopic (exact) mass is 560 g/mol. The Hall–Kier alpha value is -4.04. The molecule has 0 aliphatic carbocycles. The molecule has 1 saturated heterocycles. The Balaban J connectivity index is 1.61. The summed E-state index contributed by atoms with van der Waals surface area (Å²) in [6.07, 6.45) is -2.81. The molecule has 212 valence electrons. The van der Waals surface area contributed by atoms with Crippen molar-refractivity contribution in [2.45, 2.75) is 43.9 Å². The normalized spacial score (nSPS) is 18.6. The van der Waals surface area contributed by atoms with E-state index in [0.717, 1.165) is 0 Å². The van der Waals surface area contributed by atoms with Gasteiger partial charge in [0.2, 0.25) is 0 Å². The molecule has 0 amide bonds. The van der Waals surface area contributed by atoms with Crippen LogP contribution >= 0.6 is 0 Å². The fourth-order valence-electron chi connectivity index (χ4n) is 5.14. The van der Waals surface area contributed by atoms with Crippen molar-refractivity contribution in [3.05, 3.63) is 54.2 Å². The highest BCUT2D eigenvalue weighted by atomic mass is 19.3. The highest BCUT2D eigenvalue weighted by Gasteiger charge is 2.43. The van der Waals surface area contributed by atoms with Crippen molar-refractivity contribution in [3.8, 4) is 17.0 Å². The van der Waals surface area contributed by atoms with Gasteiger partial charge in [-0.1, -0.05) is 0 Å². The smallest absolute Gasteiger partial charge is 0.265 e. The Bertz CT molecular complexity index is 1520. The molecule has 10 nitrogen and oxygen atoms in total. The van der Waals surface area contributed by atoms with Crippen LogP contribution in [-0.4, -0.2) is 67.9 Å². The predicted octanol–water partition coefficient (Wildman–Crippen LogP) is 3.39. The van der Waals surface area contributed by atoms with Crippen LogP contribution in [0.15, 0.2) is 43.1 Å². The van der Waals surface area contributed by atoms with Gasteiger partial charge in [0.05, 0.1) is 43.1 Å². The Morgan fingerprint density at radius 2 is 1.93 bits per heavy atom. The van der Waals surface area contributed by atoms with Crippen LogP contribution in [0.4, 0.5) is 29.1 Å². The van der Waals surface area contributed by atoms with Crippen LogP contribution in [0.25, 0.3) is 22.4 Å². The average molecular weight is 561 g/mol. The first-order valence-corrected chi connectivity index (χ1v) is 12.5. The van der Waals surface area contributed by atoms with E-state index in [0.29, 0.717) is 35.4 Å². The van der Waals surface area contributed by atoms with E-state index >= 15 is 0 Å². The van der Waals surface area contributed by atoms with Gasteiger partial charge >= 0.3 is 0 Å². The number of ether oxygens (including phenoxy) is 1. The number of rotatable bonds is 8. The maximum Gasteiger partial charge on any atom is 0.265 e. The quantitative estimate of drug-likeness (QED) is 0.277. The number of alkyl halides is 4. The van der Waals surface area contributed by atoms with E-state index in [-0.39, 0.29) is 47.9 Å². The van der Waals surface area contributed by atoms with Crippen LogP contribution in [0, 0.1) is 0 Å². The molecule has 1 aliphatic heterocycles. The van der Waals surface area contributed by atoms with Crippen molar-refractivity contribution in [3.63, 3.8) is 0 Å². The second-order valence-corrected chi connectivity index (χ2v) is 9.79. The number of anilines is 2. The lowest BCUT2D eigenvalue weighted by molar-refractivity contribution is -0.0529. The summed E-state index contributed by atoms with van der Waals surface area (Å²) in [6.45, 7) is 0.578. The Morgan fingerprint density at radius 1 is 1.12 bits per heavy atom. The minimum absolute atomic E-state index is 0.0584. The molecule has 5 N–H and O–H groups in total. The first kappa shape index (κ1) is 27.5. The van der Waals surface area contributed by atoms with Gasteiger partial charge in [0, 0.05) is 24.2 Å².